The number of nitrogens with one attached hydrogen (secondary N) is 1. The normalized spacial score (nSPS) is 31.0. The van der Waals surface area contributed by atoms with Crippen LogP contribution >= 0.6 is 11.6 Å². The third kappa shape index (κ3) is 2.09. The number of fused-ring (bicyclic) bond motifs is 1. The third-order valence-electron chi connectivity index (χ3n) is 4.64. The molecule has 0 aliphatic carbocycles. The molecule has 4 heterocycles. The lowest BCUT2D eigenvalue weighted by atomic mass is 9.92. The standard InChI is InChI=1S/C16H19ClN4/c1-2-11-8-10-6-7-12-4-3-5-13-18-9-19-16(21(12)13)14(10)15(17)20-11/h6-7,9,11,15,20H,2-5,8H2,1H3. The highest BCUT2D eigenvalue weighted by Crippen LogP contribution is 2.39. The maximum absolute atomic E-state index is 6.64. The highest BCUT2D eigenvalue weighted by atomic mass is 35.5. The van der Waals surface area contributed by atoms with Crippen LogP contribution in [0.2, 0.25) is 0 Å². The number of piperidine rings is 2. The molecule has 1 N–H and O–H groups in total. The zero-order valence-corrected chi connectivity index (χ0v) is 12.9. The van der Waals surface area contributed by atoms with Crippen LogP contribution in [0.3, 0.4) is 0 Å². The van der Waals surface area contributed by atoms with Crippen molar-refractivity contribution >= 4 is 23.8 Å². The first-order valence-electron chi connectivity index (χ1n) is 7.71. The molecule has 4 rings (SSSR count). The van der Waals surface area contributed by atoms with Crippen LogP contribution in [-0.2, 0) is 0 Å². The van der Waals surface area contributed by atoms with Crippen LogP contribution in [-0.4, -0.2) is 28.6 Å². The number of allylic oxidation sites excluding steroid dienone is 3. The lowest BCUT2D eigenvalue weighted by Crippen LogP contribution is -2.43. The molecule has 4 aliphatic heterocycles. The third-order valence-corrected chi connectivity index (χ3v) is 4.98. The fourth-order valence-electron chi connectivity index (χ4n) is 3.51. The van der Waals surface area contributed by atoms with Gasteiger partial charge in [0.25, 0.3) is 0 Å². The predicted octanol–water partition coefficient (Wildman–Crippen LogP) is 3.29. The molecule has 21 heavy (non-hydrogen) atoms. The zero-order valence-electron chi connectivity index (χ0n) is 12.1. The van der Waals surface area contributed by atoms with Gasteiger partial charge in [-0.2, -0.15) is 0 Å². The first-order valence-corrected chi connectivity index (χ1v) is 8.15. The van der Waals surface area contributed by atoms with Gasteiger partial charge in [-0.25, -0.2) is 9.98 Å². The molecule has 4 nitrogen and oxygen atoms in total. The van der Waals surface area contributed by atoms with Gasteiger partial charge in [0.1, 0.15) is 23.5 Å². The molecule has 2 unspecified atom stereocenters. The summed E-state index contributed by atoms with van der Waals surface area (Å²) in [6, 6.07) is 0.442. The molecule has 0 bridgehead atoms. The number of amidine groups is 1. The van der Waals surface area contributed by atoms with Crippen molar-refractivity contribution in [2.75, 3.05) is 0 Å². The molecule has 2 saturated heterocycles. The lowest BCUT2D eigenvalue weighted by molar-refractivity contribution is 0.454. The molecule has 0 amide bonds. The van der Waals surface area contributed by atoms with E-state index in [0.29, 0.717) is 6.04 Å². The molecule has 0 aromatic heterocycles. The summed E-state index contributed by atoms with van der Waals surface area (Å²) >= 11 is 6.64. The lowest BCUT2D eigenvalue weighted by Gasteiger charge is -2.37. The van der Waals surface area contributed by atoms with Crippen molar-refractivity contribution in [2.45, 2.75) is 50.6 Å². The summed E-state index contributed by atoms with van der Waals surface area (Å²) in [5, 5.41) is 3.49. The largest absolute Gasteiger partial charge is 0.294 e. The first kappa shape index (κ1) is 13.3. The summed E-state index contributed by atoms with van der Waals surface area (Å²) in [4.78, 5) is 11.2. The van der Waals surface area contributed by atoms with Gasteiger partial charge in [-0.3, -0.25) is 10.2 Å². The Labute approximate surface area is 130 Å². The van der Waals surface area contributed by atoms with Crippen LogP contribution in [0.1, 0.15) is 39.0 Å². The Kier molecular flexibility index (Phi) is 3.23. The van der Waals surface area contributed by atoms with E-state index in [0.717, 1.165) is 49.3 Å². The minimum Gasteiger partial charge on any atom is -0.294 e. The molecule has 0 aromatic rings. The van der Waals surface area contributed by atoms with Gasteiger partial charge in [0.2, 0.25) is 0 Å². The smallest absolute Gasteiger partial charge is 0.146 e. The van der Waals surface area contributed by atoms with E-state index >= 15 is 0 Å². The van der Waals surface area contributed by atoms with Crippen LogP contribution in [0, 0.1) is 0 Å². The van der Waals surface area contributed by atoms with Gasteiger partial charge in [0, 0.05) is 23.7 Å². The van der Waals surface area contributed by atoms with Crippen LogP contribution in [0.5, 0.6) is 0 Å². The van der Waals surface area contributed by atoms with Crippen molar-refractivity contribution in [3.8, 4) is 0 Å². The van der Waals surface area contributed by atoms with Crippen LogP contribution in [0.25, 0.3) is 0 Å². The molecular formula is C16H19ClN4. The molecule has 4 aliphatic rings. The maximum atomic E-state index is 6.64. The average molecular weight is 303 g/mol. The second kappa shape index (κ2) is 5.11. The van der Waals surface area contributed by atoms with Gasteiger partial charge in [0.05, 0.1) is 0 Å². The van der Waals surface area contributed by atoms with Crippen molar-refractivity contribution in [1.29, 1.82) is 0 Å². The summed E-state index contributed by atoms with van der Waals surface area (Å²) in [6.07, 6.45) is 11.5. The molecular weight excluding hydrogens is 284 g/mol. The van der Waals surface area contributed by atoms with Crippen molar-refractivity contribution in [1.82, 2.24) is 10.2 Å². The van der Waals surface area contributed by atoms with Crippen molar-refractivity contribution in [2.24, 2.45) is 9.98 Å². The molecule has 0 spiro atoms. The average Bonchev–Trinajstić information content (AvgIpc) is 2.67. The minimum atomic E-state index is -0.184. The van der Waals surface area contributed by atoms with Gasteiger partial charge < -0.3 is 0 Å². The number of hydrogen-bond donors (Lipinski definition) is 1. The van der Waals surface area contributed by atoms with Crippen LogP contribution in [0.4, 0.5) is 0 Å². The fraction of sp³-hybridized carbons (Fsp3) is 0.500. The Morgan fingerprint density at radius 1 is 1.38 bits per heavy atom. The second-order valence-electron chi connectivity index (χ2n) is 5.90. The molecule has 0 saturated carbocycles. The maximum Gasteiger partial charge on any atom is 0.146 e. The Balaban J connectivity index is 1.86. The second-order valence-corrected chi connectivity index (χ2v) is 6.34. The molecule has 5 heteroatoms. The highest BCUT2D eigenvalue weighted by Gasteiger charge is 2.36. The Morgan fingerprint density at radius 3 is 3.14 bits per heavy atom. The van der Waals surface area contributed by atoms with Gasteiger partial charge in [-0.1, -0.05) is 13.0 Å². The van der Waals surface area contributed by atoms with E-state index in [2.05, 4.69) is 39.3 Å². The van der Waals surface area contributed by atoms with Crippen molar-refractivity contribution in [3.63, 3.8) is 0 Å². The number of halogens is 1. The quantitative estimate of drug-likeness (QED) is 0.596. The van der Waals surface area contributed by atoms with E-state index in [1.165, 1.54) is 11.3 Å². The van der Waals surface area contributed by atoms with Crippen LogP contribution < -0.4 is 5.32 Å². The monoisotopic (exact) mass is 302 g/mol. The SMILES string of the molecule is CCC1CC2=CC=C3CCCC4=NC=NC(=C2C(Cl)N1)N34. The van der Waals surface area contributed by atoms with E-state index in [4.69, 9.17) is 11.6 Å². The summed E-state index contributed by atoms with van der Waals surface area (Å²) in [5.74, 6) is 2.07. The van der Waals surface area contributed by atoms with Crippen LogP contribution in [0.15, 0.2) is 44.8 Å². The van der Waals surface area contributed by atoms with Crippen molar-refractivity contribution < 1.29 is 0 Å². The van der Waals surface area contributed by atoms with Gasteiger partial charge in [-0.15, -0.1) is 11.6 Å². The summed E-state index contributed by atoms with van der Waals surface area (Å²) in [6.45, 7) is 2.20. The molecule has 2 atom stereocenters. The van der Waals surface area contributed by atoms with Gasteiger partial charge in [-0.05, 0) is 37.3 Å². The number of rotatable bonds is 1. The van der Waals surface area contributed by atoms with E-state index in [9.17, 15) is 0 Å². The molecule has 2 fully saturated rings. The first-order chi connectivity index (χ1) is 10.3. The Bertz CT molecular complexity index is 626. The minimum absolute atomic E-state index is 0.184. The highest BCUT2D eigenvalue weighted by molar-refractivity contribution is 6.22. The molecule has 0 radical (unpaired) electrons. The Hall–Kier alpha value is -1.39. The van der Waals surface area contributed by atoms with Gasteiger partial charge in [0.15, 0.2) is 0 Å². The van der Waals surface area contributed by atoms with E-state index < -0.39 is 0 Å². The number of aliphatic imine (C=N–C) groups is 2. The number of alkyl halides is 1. The van der Waals surface area contributed by atoms with Gasteiger partial charge >= 0.3 is 0 Å². The van der Waals surface area contributed by atoms with E-state index in [-0.39, 0.29) is 5.50 Å². The summed E-state index contributed by atoms with van der Waals surface area (Å²) < 4.78 is 0. The van der Waals surface area contributed by atoms with E-state index in [1.54, 1.807) is 6.34 Å². The number of hydrogen-bond acceptors (Lipinski definition) is 4. The summed E-state index contributed by atoms with van der Waals surface area (Å²) in [5.41, 5.74) is 3.54. The Morgan fingerprint density at radius 2 is 2.29 bits per heavy atom. The predicted molar refractivity (Wildman–Crippen MR) is 86.3 cm³/mol. The fourth-order valence-corrected chi connectivity index (χ4v) is 3.93. The van der Waals surface area contributed by atoms with E-state index in [1.807, 2.05) is 0 Å². The topological polar surface area (TPSA) is 40.0 Å². The molecule has 0 aromatic carbocycles. The summed E-state index contributed by atoms with van der Waals surface area (Å²) in [7, 11) is 0. The number of nitrogens with zero attached hydrogens (tertiary/aromatic N) is 3. The zero-order chi connectivity index (χ0) is 14.4. The molecule has 110 valence electrons. The van der Waals surface area contributed by atoms with Crippen molar-refractivity contribution in [3.05, 3.63) is 34.8 Å².